The average molecular weight is 318 g/mol. The number of aliphatic carboxylic acids is 1. The van der Waals surface area contributed by atoms with Crippen molar-refractivity contribution in [2.45, 2.75) is 18.9 Å². The van der Waals surface area contributed by atoms with Crippen molar-refractivity contribution in [3.05, 3.63) is 0 Å². The van der Waals surface area contributed by atoms with Crippen LogP contribution in [0.1, 0.15) is 12.8 Å². The Kier molecular flexibility index (Phi) is 7.91. The first kappa shape index (κ1) is 17.6. The Labute approximate surface area is 127 Å². The van der Waals surface area contributed by atoms with E-state index in [2.05, 4.69) is 15.5 Å². The van der Waals surface area contributed by atoms with Crippen molar-refractivity contribution in [3.8, 4) is 0 Å². The number of carboxylic acids is 1. The van der Waals surface area contributed by atoms with Gasteiger partial charge in [0.1, 0.15) is 6.04 Å². The van der Waals surface area contributed by atoms with Gasteiger partial charge in [-0.2, -0.15) is 11.8 Å². The fourth-order valence-corrected chi connectivity index (χ4v) is 2.88. The van der Waals surface area contributed by atoms with Crippen molar-refractivity contribution in [2.75, 3.05) is 37.7 Å². The average Bonchev–Trinajstić information content (AvgIpc) is 2.44. The molecule has 1 unspecified atom stereocenters. The molecule has 0 aliphatic carbocycles. The molecule has 21 heavy (non-hydrogen) atoms. The number of carbonyl (C=O) groups is 3. The molecule has 9 heteroatoms. The van der Waals surface area contributed by atoms with Gasteiger partial charge in [-0.05, 0) is 6.42 Å². The van der Waals surface area contributed by atoms with Crippen molar-refractivity contribution in [3.63, 3.8) is 0 Å². The number of carboxylic acid groups (broad SMARTS) is 1. The monoisotopic (exact) mass is 318 g/mol. The van der Waals surface area contributed by atoms with Crippen molar-refractivity contribution in [1.82, 2.24) is 15.5 Å². The number of urea groups is 1. The minimum atomic E-state index is -1.18. The predicted molar refractivity (Wildman–Crippen MR) is 80.2 cm³/mol. The molecule has 0 aromatic rings. The number of nitrogens with zero attached hydrogens (tertiary/aromatic N) is 1. The zero-order valence-electron chi connectivity index (χ0n) is 11.8. The maximum atomic E-state index is 11.6. The van der Waals surface area contributed by atoms with Crippen LogP contribution in [0, 0.1) is 0 Å². The van der Waals surface area contributed by atoms with E-state index >= 15 is 0 Å². The van der Waals surface area contributed by atoms with Crippen LogP contribution in [-0.2, 0) is 9.59 Å². The standard InChI is InChI=1S/C12H22N4O4S/c13-10(17)2-1-9(11(18)19)15-12(20)14-3-4-16-5-7-21-8-6-16/h9H,1-8H2,(H2,13,17)(H,18,19)(H2,14,15,20). The van der Waals surface area contributed by atoms with Crippen LogP contribution < -0.4 is 16.4 Å². The molecule has 0 bridgehead atoms. The minimum Gasteiger partial charge on any atom is -0.480 e. The first-order chi connectivity index (χ1) is 9.99. The van der Waals surface area contributed by atoms with Gasteiger partial charge < -0.3 is 21.5 Å². The summed E-state index contributed by atoms with van der Waals surface area (Å²) < 4.78 is 0. The van der Waals surface area contributed by atoms with Crippen LogP contribution in [0.15, 0.2) is 0 Å². The molecule has 0 saturated carbocycles. The zero-order valence-corrected chi connectivity index (χ0v) is 12.7. The second-order valence-electron chi connectivity index (χ2n) is 4.75. The predicted octanol–water partition coefficient (Wildman–Crippen LogP) is -0.947. The molecule has 1 saturated heterocycles. The molecule has 1 aliphatic heterocycles. The smallest absolute Gasteiger partial charge is 0.326 e. The molecule has 3 amide bonds. The van der Waals surface area contributed by atoms with Gasteiger partial charge in [-0.1, -0.05) is 0 Å². The van der Waals surface area contributed by atoms with Gasteiger partial charge >= 0.3 is 12.0 Å². The summed E-state index contributed by atoms with van der Waals surface area (Å²) in [6, 6.07) is -1.65. The SMILES string of the molecule is NC(=O)CCC(NC(=O)NCCN1CCSCC1)C(=O)O. The molecule has 1 atom stereocenters. The number of carbonyl (C=O) groups excluding carboxylic acids is 2. The fourth-order valence-electron chi connectivity index (χ4n) is 1.91. The number of primary amides is 1. The lowest BCUT2D eigenvalue weighted by Crippen LogP contribution is -2.48. The maximum absolute atomic E-state index is 11.6. The zero-order chi connectivity index (χ0) is 15.7. The van der Waals surface area contributed by atoms with Crippen molar-refractivity contribution < 1.29 is 19.5 Å². The number of hydrogen-bond acceptors (Lipinski definition) is 5. The lowest BCUT2D eigenvalue weighted by atomic mass is 10.1. The molecule has 1 fully saturated rings. The lowest BCUT2D eigenvalue weighted by Gasteiger charge is -2.26. The van der Waals surface area contributed by atoms with Crippen LogP contribution in [0.3, 0.4) is 0 Å². The molecule has 0 radical (unpaired) electrons. The Hall–Kier alpha value is -1.48. The van der Waals surface area contributed by atoms with E-state index in [1.165, 1.54) is 0 Å². The first-order valence-electron chi connectivity index (χ1n) is 6.84. The number of nitrogens with one attached hydrogen (secondary N) is 2. The third-order valence-electron chi connectivity index (χ3n) is 3.10. The Morgan fingerprint density at radius 2 is 1.95 bits per heavy atom. The highest BCUT2D eigenvalue weighted by Crippen LogP contribution is 2.07. The highest BCUT2D eigenvalue weighted by atomic mass is 32.2. The highest BCUT2D eigenvalue weighted by Gasteiger charge is 2.20. The molecule has 0 aromatic heterocycles. The summed E-state index contributed by atoms with van der Waals surface area (Å²) in [4.78, 5) is 35.5. The molecular weight excluding hydrogens is 296 g/mol. The van der Waals surface area contributed by atoms with Gasteiger partial charge in [0.15, 0.2) is 0 Å². The molecule has 1 heterocycles. The number of thioether (sulfide) groups is 1. The van der Waals surface area contributed by atoms with Gasteiger partial charge in [-0.15, -0.1) is 0 Å². The van der Waals surface area contributed by atoms with E-state index in [-0.39, 0.29) is 12.8 Å². The Morgan fingerprint density at radius 1 is 1.29 bits per heavy atom. The number of amides is 3. The number of hydrogen-bond donors (Lipinski definition) is 4. The summed E-state index contributed by atoms with van der Waals surface area (Å²) in [5.41, 5.74) is 4.97. The largest absolute Gasteiger partial charge is 0.480 e. The second kappa shape index (κ2) is 9.46. The van der Waals surface area contributed by atoms with E-state index in [0.717, 1.165) is 31.1 Å². The number of nitrogens with two attached hydrogens (primary N) is 1. The Bertz CT molecular complexity index is 374. The van der Waals surface area contributed by atoms with E-state index in [1.54, 1.807) is 0 Å². The van der Waals surface area contributed by atoms with E-state index < -0.39 is 23.9 Å². The lowest BCUT2D eigenvalue weighted by molar-refractivity contribution is -0.139. The molecule has 120 valence electrons. The summed E-state index contributed by atoms with van der Waals surface area (Å²) in [5.74, 6) is 0.423. The van der Waals surface area contributed by atoms with Crippen LogP contribution in [0.4, 0.5) is 4.79 Å². The van der Waals surface area contributed by atoms with Crippen LogP contribution in [-0.4, -0.2) is 71.6 Å². The van der Waals surface area contributed by atoms with Crippen molar-refractivity contribution in [2.24, 2.45) is 5.73 Å². The summed E-state index contributed by atoms with van der Waals surface area (Å²) in [6.07, 6.45) is -0.0931. The van der Waals surface area contributed by atoms with Crippen LogP contribution in [0.5, 0.6) is 0 Å². The molecule has 1 aliphatic rings. The first-order valence-corrected chi connectivity index (χ1v) is 8.00. The molecule has 1 rings (SSSR count). The fraction of sp³-hybridized carbons (Fsp3) is 0.750. The second-order valence-corrected chi connectivity index (χ2v) is 5.97. The molecule has 8 nitrogen and oxygen atoms in total. The molecular formula is C12H22N4O4S. The van der Waals surface area contributed by atoms with Gasteiger partial charge in [-0.25, -0.2) is 9.59 Å². The number of rotatable bonds is 8. The van der Waals surface area contributed by atoms with E-state index in [1.807, 2.05) is 11.8 Å². The van der Waals surface area contributed by atoms with Crippen LogP contribution in [0.2, 0.25) is 0 Å². The van der Waals surface area contributed by atoms with Gasteiger partial charge in [0.25, 0.3) is 0 Å². The van der Waals surface area contributed by atoms with Crippen LogP contribution in [0.25, 0.3) is 0 Å². The quantitative estimate of drug-likeness (QED) is 0.457. The van der Waals surface area contributed by atoms with Crippen molar-refractivity contribution in [1.29, 1.82) is 0 Å². The minimum absolute atomic E-state index is 0.0125. The third kappa shape index (κ3) is 7.76. The Morgan fingerprint density at radius 3 is 2.52 bits per heavy atom. The summed E-state index contributed by atoms with van der Waals surface area (Å²) in [6.45, 7) is 3.21. The third-order valence-corrected chi connectivity index (χ3v) is 4.04. The van der Waals surface area contributed by atoms with Crippen molar-refractivity contribution >= 4 is 29.7 Å². The van der Waals surface area contributed by atoms with Crippen LogP contribution >= 0.6 is 11.8 Å². The summed E-state index contributed by atoms with van der Waals surface area (Å²) >= 11 is 1.91. The van der Waals surface area contributed by atoms with E-state index in [9.17, 15) is 14.4 Å². The normalized spacial score (nSPS) is 17.0. The maximum Gasteiger partial charge on any atom is 0.326 e. The Balaban J connectivity index is 2.22. The van der Waals surface area contributed by atoms with E-state index in [4.69, 9.17) is 10.8 Å². The van der Waals surface area contributed by atoms with Gasteiger partial charge in [0, 0.05) is 44.1 Å². The summed E-state index contributed by atoms with van der Waals surface area (Å²) in [7, 11) is 0. The molecule has 0 aromatic carbocycles. The van der Waals surface area contributed by atoms with Gasteiger partial charge in [-0.3, -0.25) is 9.69 Å². The highest BCUT2D eigenvalue weighted by molar-refractivity contribution is 7.99. The van der Waals surface area contributed by atoms with E-state index in [0.29, 0.717) is 6.54 Å². The van der Waals surface area contributed by atoms with Gasteiger partial charge in [0.2, 0.25) is 5.91 Å². The molecule has 0 spiro atoms. The molecule has 5 N–H and O–H groups in total. The van der Waals surface area contributed by atoms with Gasteiger partial charge in [0.05, 0.1) is 0 Å². The summed E-state index contributed by atoms with van der Waals surface area (Å²) in [5, 5.41) is 13.9. The topological polar surface area (TPSA) is 125 Å².